The summed E-state index contributed by atoms with van der Waals surface area (Å²) in [4.78, 5) is 2.53. The van der Waals surface area contributed by atoms with Crippen LogP contribution in [0.4, 0.5) is 0 Å². The molecular weight excluding hydrogens is 556 g/mol. The first-order valence-electron chi connectivity index (χ1n) is 18.1. The Morgan fingerprint density at radius 1 is 0.955 bits per heavy atom. The molecule has 0 amide bonds. The summed E-state index contributed by atoms with van der Waals surface area (Å²) in [5, 5.41) is 17.6. The Morgan fingerprint density at radius 2 is 1.70 bits per heavy atom. The third-order valence-corrected chi connectivity index (χ3v) is 15.3. The number of ether oxygens (including phenoxy) is 4. The van der Waals surface area contributed by atoms with Crippen LogP contribution in [-0.4, -0.2) is 97.4 Å². The van der Waals surface area contributed by atoms with Crippen LogP contribution >= 0.6 is 0 Å². The molecule has 0 aromatic rings. The summed E-state index contributed by atoms with van der Waals surface area (Å²) >= 11 is 0. The first kappa shape index (κ1) is 32.2. The molecule has 8 aliphatic rings. The fraction of sp³-hybridized carbons (Fsp3) is 1.00. The SMILES string of the molecule is CC12CC[C@@]34CC35CC[C@H](OC3CN(C6COC6)CCO3)C(C)(C)C5CCC4C1CC1OC([C@H](N)C(C)(C)O)CCC12.CO.[HH]. The van der Waals surface area contributed by atoms with E-state index in [0.29, 0.717) is 34.3 Å². The van der Waals surface area contributed by atoms with Crippen LogP contribution in [0.5, 0.6) is 0 Å². The largest absolute Gasteiger partial charge is 0.400 e. The molecule has 12 atom stereocenters. The molecule has 254 valence electrons. The lowest BCUT2D eigenvalue weighted by atomic mass is 9.46. The number of rotatable bonds is 5. The van der Waals surface area contributed by atoms with Crippen molar-refractivity contribution >= 4 is 0 Å². The lowest BCUT2D eigenvalue weighted by molar-refractivity contribution is -0.253. The Labute approximate surface area is 267 Å². The minimum absolute atomic E-state index is 0. The second kappa shape index (κ2) is 11.1. The lowest BCUT2D eigenvalue weighted by Crippen LogP contribution is -2.58. The van der Waals surface area contributed by atoms with Crippen LogP contribution in [-0.2, 0) is 18.9 Å². The standard InChI is InChI=1S/C35H58N2O5.CH4O.H2/c1-31(2)27-9-7-22-24-16-26-23(6-8-25(41-26)30(36)32(3,4)38)33(24,5)12-13-34(22)20-35(27,34)11-10-28(31)42-29-17-37(14-15-40-29)21-18-39-19-21;1-2;/h21-30,38H,6-20,36H2,1-5H3;2H,1H3;1H/t22?,23?,24?,25?,26?,27?,28-,29?,30-,33?,34-,35?;;/m0../s1. The predicted molar refractivity (Wildman–Crippen MR) is 171 cm³/mol. The van der Waals surface area contributed by atoms with Gasteiger partial charge < -0.3 is 34.9 Å². The zero-order valence-corrected chi connectivity index (χ0v) is 28.4. The molecule has 9 unspecified atom stereocenters. The van der Waals surface area contributed by atoms with Gasteiger partial charge in [-0.1, -0.05) is 20.8 Å². The van der Waals surface area contributed by atoms with E-state index < -0.39 is 5.60 Å². The van der Waals surface area contributed by atoms with Crippen LogP contribution in [0, 0.1) is 45.3 Å². The van der Waals surface area contributed by atoms with Crippen LogP contribution in [0.25, 0.3) is 0 Å². The van der Waals surface area contributed by atoms with Crippen LogP contribution in [0.3, 0.4) is 0 Å². The molecule has 5 saturated carbocycles. The molecule has 8 heteroatoms. The molecule has 2 spiro atoms. The highest BCUT2D eigenvalue weighted by molar-refractivity contribution is 5.29. The van der Waals surface area contributed by atoms with Crippen molar-refractivity contribution in [2.45, 2.75) is 141 Å². The first-order chi connectivity index (χ1) is 20.9. The maximum absolute atomic E-state index is 10.6. The van der Waals surface area contributed by atoms with Crippen LogP contribution in [0.2, 0.25) is 0 Å². The van der Waals surface area contributed by atoms with E-state index in [4.69, 9.17) is 29.8 Å². The van der Waals surface area contributed by atoms with E-state index in [-0.39, 0.29) is 31.4 Å². The monoisotopic (exact) mass is 620 g/mol. The normalized spacial score (nSPS) is 50.4. The topological polar surface area (TPSA) is 107 Å². The summed E-state index contributed by atoms with van der Waals surface area (Å²) in [5.74, 6) is 3.02. The number of fused-ring (bicyclic) bond motifs is 4. The molecule has 3 aliphatic heterocycles. The van der Waals surface area contributed by atoms with Gasteiger partial charge in [0.25, 0.3) is 0 Å². The molecule has 44 heavy (non-hydrogen) atoms. The molecule has 3 saturated heterocycles. The van der Waals surface area contributed by atoms with Gasteiger partial charge in [0.1, 0.15) is 0 Å². The summed E-state index contributed by atoms with van der Waals surface area (Å²) in [6, 6.07) is 0.228. The number of nitrogens with two attached hydrogens (primary N) is 1. The molecule has 8 fully saturated rings. The van der Waals surface area contributed by atoms with Gasteiger partial charge in [0, 0.05) is 15.1 Å². The maximum atomic E-state index is 10.6. The van der Waals surface area contributed by atoms with E-state index in [2.05, 4.69) is 25.7 Å². The van der Waals surface area contributed by atoms with Gasteiger partial charge in [-0.15, -0.1) is 0 Å². The van der Waals surface area contributed by atoms with Crippen molar-refractivity contribution in [3.8, 4) is 0 Å². The molecule has 8 nitrogen and oxygen atoms in total. The molecule has 8 rings (SSSR count). The van der Waals surface area contributed by atoms with Crippen molar-refractivity contribution in [3.63, 3.8) is 0 Å². The fourth-order valence-corrected chi connectivity index (χ4v) is 12.9. The molecule has 0 radical (unpaired) electrons. The van der Waals surface area contributed by atoms with E-state index in [9.17, 15) is 5.11 Å². The predicted octanol–water partition coefficient (Wildman–Crippen LogP) is 4.59. The van der Waals surface area contributed by atoms with Crippen molar-refractivity contribution in [1.29, 1.82) is 0 Å². The van der Waals surface area contributed by atoms with Crippen molar-refractivity contribution in [1.82, 2.24) is 4.90 Å². The van der Waals surface area contributed by atoms with Crippen LogP contribution < -0.4 is 5.73 Å². The number of morpholine rings is 1. The van der Waals surface area contributed by atoms with E-state index in [1.54, 1.807) is 0 Å². The van der Waals surface area contributed by atoms with E-state index in [0.717, 1.165) is 64.2 Å². The summed E-state index contributed by atoms with van der Waals surface area (Å²) in [7, 11) is 1.00. The van der Waals surface area contributed by atoms with Gasteiger partial charge in [-0.2, -0.15) is 0 Å². The first-order valence-corrected chi connectivity index (χ1v) is 18.1. The highest BCUT2D eigenvalue weighted by Gasteiger charge is 2.80. The van der Waals surface area contributed by atoms with Crippen molar-refractivity contribution < 1.29 is 30.6 Å². The van der Waals surface area contributed by atoms with Gasteiger partial charge in [-0.25, -0.2) is 0 Å². The number of hydrogen-bond donors (Lipinski definition) is 3. The van der Waals surface area contributed by atoms with Crippen LogP contribution in [0.15, 0.2) is 0 Å². The summed E-state index contributed by atoms with van der Waals surface area (Å²) in [5.41, 5.74) is 7.24. The third kappa shape index (κ3) is 4.66. The average Bonchev–Trinajstić information content (AvgIpc) is 3.54. The quantitative estimate of drug-likeness (QED) is 0.410. The number of nitrogens with zero attached hydrogens (tertiary/aromatic N) is 1. The zero-order valence-electron chi connectivity index (χ0n) is 28.4. The van der Waals surface area contributed by atoms with Gasteiger partial charge in [0.15, 0.2) is 6.29 Å². The van der Waals surface area contributed by atoms with Crippen molar-refractivity contribution in [3.05, 3.63) is 0 Å². The van der Waals surface area contributed by atoms with Gasteiger partial charge in [0.2, 0.25) is 0 Å². The van der Waals surface area contributed by atoms with E-state index >= 15 is 0 Å². The average molecular weight is 621 g/mol. The molecule has 0 aromatic carbocycles. The zero-order chi connectivity index (χ0) is 31.3. The highest BCUT2D eigenvalue weighted by atomic mass is 16.7. The summed E-state index contributed by atoms with van der Waals surface area (Å²) < 4.78 is 25.4. The van der Waals surface area contributed by atoms with Crippen molar-refractivity contribution in [2.75, 3.05) is 40.0 Å². The third-order valence-electron chi connectivity index (χ3n) is 15.3. The van der Waals surface area contributed by atoms with Gasteiger partial charge in [-0.3, -0.25) is 4.90 Å². The van der Waals surface area contributed by atoms with Gasteiger partial charge in [-0.05, 0) is 123 Å². The highest BCUT2D eigenvalue weighted by Crippen LogP contribution is 2.87. The maximum Gasteiger partial charge on any atom is 0.170 e. The Kier molecular flexibility index (Phi) is 8.14. The second-order valence-electron chi connectivity index (χ2n) is 17.6. The van der Waals surface area contributed by atoms with Gasteiger partial charge >= 0.3 is 0 Å². The molecule has 0 bridgehead atoms. The minimum Gasteiger partial charge on any atom is -0.400 e. The van der Waals surface area contributed by atoms with Crippen molar-refractivity contribution in [2.24, 2.45) is 51.1 Å². The Balaban J connectivity index is 0.00000117. The molecule has 0 aromatic heterocycles. The second-order valence-corrected chi connectivity index (χ2v) is 17.6. The molecule has 4 N–H and O–H groups in total. The molecule has 3 heterocycles. The number of aliphatic hydroxyl groups excluding tert-OH is 1. The Bertz CT molecular complexity index is 1070. The molecule has 5 aliphatic carbocycles. The number of aliphatic hydroxyl groups is 2. The van der Waals surface area contributed by atoms with Crippen LogP contribution in [0.1, 0.15) is 100 Å². The summed E-state index contributed by atoms with van der Waals surface area (Å²) in [6.45, 7) is 15.7. The minimum atomic E-state index is -0.904. The van der Waals surface area contributed by atoms with E-state index in [1.807, 2.05) is 13.8 Å². The molecular formula is C36H64N2O6. The number of hydrogen-bond acceptors (Lipinski definition) is 8. The van der Waals surface area contributed by atoms with E-state index in [1.165, 1.54) is 57.8 Å². The Morgan fingerprint density at radius 3 is 2.41 bits per heavy atom. The van der Waals surface area contributed by atoms with Gasteiger partial charge in [0.05, 0.1) is 62.4 Å². The Hall–Kier alpha value is -0.320. The lowest BCUT2D eigenvalue weighted by Gasteiger charge is -2.60. The smallest absolute Gasteiger partial charge is 0.170 e. The fourth-order valence-electron chi connectivity index (χ4n) is 12.9. The summed E-state index contributed by atoms with van der Waals surface area (Å²) in [6.07, 6.45) is 13.4.